The molecule has 41 heavy (non-hydrogen) atoms. The van der Waals surface area contributed by atoms with Crippen LogP contribution in [-0.2, 0) is 6.54 Å². The highest BCUT2D eigenvalue weighted by Gasteiger charge is 2.26. The molecule has 0 bridgehead atoms. The molecule has 2 saturated heterocycles. The minimum Gasteiger partial charge on any atom is -0.487 e. The van der Waals surface area contributed by atoms with E-state index in [2.05, 4.69) is 21.3 Å². The second kappa shape index (κ2) is 12.9. The summed E-state index contributed by atoms with van der Waals surface area (Å²) in [6.07, 6.45) is 3.84. The van der Waals surface area contributed by atoms with Crippen LogP contribution < -0.4 is 10.1 Å². The first-order valence-corrected chi connectivity index (χ1v) is 13.8. The normalized spacial score (nSPS) is 16.7. The fourth-order valence-electron chi connectivity index (χ4n) is 5.20. The molecule has 5 rings (SSSR count). The van der Waals surface area contributed by atoms with Crippen molar-refractivity contribution in [2.24, 2.45) is 0 Å². The summed E-state index contributed by atoms with van der Waals surface area (Å²) >= 11 is 0. The molecule has 2 fully saturated rings. The number of likely N-dealkylation sites (tertiary alicyclic amines) is 2. The van der Waals surface area contributed by atoms with Crippen molar-refractivity contribution in [2.75, 3.05) is 26.2 Å². The van der Waals surface area contributed by atoms with Gasteiger partial charge >= 0.3 is 0 Å². The number of nitriles is 1. The lowest BCUT2D eigenvalue weighted by molar-refractivity contribution is 0.0587. The number of halogens is 2. The average molecular weight is 560 g/mol. The van der Waals surface area contributed by atoms with Crippen LogP contribution in [0.1, 0.15) is 57.7 Å². The van der Waals surface area contributed by atoms with Gasteiger partial charge < -0.3 is 15.0 Å². The van der Waals surface area contributed by atoms with Crippen molar-refractivity contribution < 1.29 is 23.1 Å². The first kappa shape index (κ1) is 28.2. The molecule has 0 radical (unpaired) electrons. The number of nitrogens with zero attached hydrogens (tertiary/aromatic N) is 4. The number of amides is 2. The molecular weight excluding hydrogens is 528 g/mol. The van der Waals surface area contributed by atoms with Gasteiger partial charge in [0.2, 0.25) is 0 Å². The van der Waals surface area contributed by atoms with Crippen LogP contribution in [0.3, 0.4) is 0 Å². The Balaban J connectivity index is 1.06. The Hall–Kier alpha value is -4.36. The minimum atomic E-state index is -0.746. The van der Waals surface area contributed by atoms with E-state index in [1.54, 1.807) is 17.0 Å². The van der Waals surface area contributed by atoms with Gasteiger partial charge in [-0.05, 0) is 54.8 Å². The molecule has 10 heteroatoms. The summed E-state index contributed by atoms with van der Waals surface area (Å²) in [5.74, 6) is -1.86. The molecule has 2 amide bonds. The number of piperidine rings is 2. The van der Waals surface area contributed by atoms with Gasteiger partial charge in [0, 0.05) is 63.9 Å². The predicted molar refractivity (Wildman–Crippen MR) is 147 cm³/mol. The predicted octanol–water partition coefficient (Wildman–Crippen LogP) is 4.31. The summed E-state index contributed by atoms with van der Waals surface area (Å²) in [5, 5.41) is 12.0. The first-order valence-electron chi connectivity index (χ1n) is 13.8. The third-order valence-corrected chi connectivity index (χ3v) is 7.57. The topological polar surface area (TPSA) is 98.6 Å². The van der Waals surface area contributed by atoms with Crippen LogP contribution in [0.25, 0.3) is 0 Å². The van der Waals surface area contributed by atoms with Crippen molar-refractivity contribution >= 4 is 11.8 Å². The number of carbonyl (C=O) groups excluding carboxylic acids is 2. The molecule has 0 saturated carbocycles. The van der Waals surface area contributed by atoms with Gasteiger partial charge in [-0.25, -0.2) is 8.78 Å². The van der Waals surface area contributed by atoms with Gasteiger partial charge in [-0.3, -0.25) is 19.5 Å². The highest BCUT2D eigenvalue weighted by Crippen LogP contribution is 2.23. The molecular formula is C31H31F2N5O3. The zero-order valence-corrected chi connectivity index (χ0v) is 22.6. The summed E-state index contributed by atoms with van der Waals surface area (Å²) in [6, 6.07) is 16.2. The van der Waals surface area contributed by atoms with Gasteiger partial charge in [0.1, 0.15) is 17.6 Å². The van der Waals surface area contributed by atoms with Crippen LogP contribution in [0.2, 0.25) is 0 Å². The number of ether oxygens (including phenoxy) is 1. The Morgan fingerprint density at radius 3 is 2.34 bits per heavy atom. The number of hydrogen-bond acceptors (Lipinski definition) is 6. The molecule has 3 aromatic rings. The van der Waals surface area contributed by atoms with Crippen LogP contribution in [-0.4, -0.2) is 64.9 Å². The summed E-state index contributed by atoms with van der Waals surface area (Å²) in [6.45, 7) is 3.37. The van der Waals surface area contributed by atoms with Gasteiger partial charge in [-0.1, -0.05) is 12.1 Å². The van der Waals surface area contributed by atoms with E-state index >= 15 is 0 Å². The van der Waals surface area contributed by atoms with Crippen LogP contribution in [0.5, 0.6) is 5.75 Å². The number of benzene rings is 2. The van der Waals surface area contributed by atoms with E-state index in [-0.39, 0.29) is 35.4 Å². The maximum absolute atomic E-state index is 13.9. The van der Waals surface area contributed by atoms with Gasteiger partial charge in [0.05, 0.1) is 17.2 Å². The fourth-order valence-corrected chi connectivity index (χ4v) is 5.20. The monoisotopic (exact) mass is 559 g/mol. The van der Waals surface area contributed by atoms with E-state index in [0.29, 0.717) is 37.1 Å². The van der Waals surface area contributed by atoms with Gasteiger partial charge in [0.25, 0.3) is 11.8 Å². The van der Waals surface area contributed by atoms with E-state index in [9.17, 15) is 18.4 Å². The summed E-state index contributed by atoms with van der Waals surface area (Å²) in [4.78, 5) is 34.0. The first-order chi connectivity index (χ1) is 19.9. The third-order valence-electron chi connectivity index (χ3n) is 7.57. The van der Waals surface area contributed by atoms with Crippen molar-refractivity contribution in [2.45, 2.75) is 44.4 Å². The Bertz CT molecular complexity index is 1410. The van der Waals surface area contributed by atoms with Gasteiger partial charge in [-0.15, -0.1) is 0 Å². The Labute approximate surface area is 237 Å². The molecule has 1 N–H and O–H groups in total. The standard InChI is InChI=1S/C31H31F2N5O3/c32-24-6-8-29(27(33)17-24)41-26-11-15-38(16-12-26)31(40)23-5-7-28(35-19-23)30(39)36-25-9-13-37(14-10-25)20-22-3-1-21(18-34)2-4-22/h1-8,17,19,25-26H,9-16,20H2,(H,36,39). The second-order valence-electron chi connectivity index (χ2n) is 10.4. The molecule has 0 aliphatic carbocycles. The number of nitrogens with one attached hydrogen (secondary N) is 1. The number of pyridine rings is 1. The number of carbonyl (C=O) groups is 2. The highest BCUT2D eigenvalue weighted by molar-refractivity contribution is 5.96. The molecule has 1 aromatic heterocycles. The van der Waals surface area contributed by atoms with Crippen LogP contribution >= 0.6 is 0 Å². The quantitative estimate of drug-likeness (QED) is 0.463. The average Bonchev–Trinajstić information content (AvgIpc) is 3.00. The number of rotatable bonds is 7. The van der Waals surface area contributed by atoms with Crippen molar-refractivity contribution in [1.29, 1.82) is 5.26 Å². The zero-order chi connectivity index (χ0) is 28.8. The molecule has 2 aliphatic heterocycles. The van der Waals surface area contributed by atoms with Crippen LogP contribution in [0.4, 0.5) is 8.78 Å². The maximum atomic E-state index is 13.9. The molecule has 2 aromatic carbocycles. The molecule has 0 spiro atoms. The molecule has 3 heterocycles. The van der Waals surface area contributed by atoms with E-state index in [1.165, 1.54) is 12.3 Å². The van der Waals surface area contributed by atoms with Crippen molar-refractivity contribution in [3.05, 3.63) is 94.8 Å². The van der Waals surface area contributed by atoms with Crippen LogP contribution in [0.15, 0.2) is 60.8 Å². The Kier molecular flexibility index (Phi) is 8.85. The smallest absolute Gasteiger partial charge is 0.270 e. The highest BCUT2D eigenvalue weighted by atomic mass is 19.1. The molecule has 212 valence electrons. The van der Waals surface area contributed by atoms with Crippen molar-refractivity contribution in [3.63, 3.8) is 0 Å². The second-order valence-corrected chi connectivity index (χ2v) is 10.4. The number of aromatic nitrogens is 1. The lowest BCUT2D eigenvalue weighted by Gasteiger charge is -2.32. The Morgan fingerprint density at radius 2 is 1.71 bits per heavy atom. The zero-order valence-electron chi connectivity index (χ0n) is 22.6. The van der Waals surface area contributed by atoms with E-state index in [1.807, 2.05) is 24.3 Å². The largest absolute Gasteiger partial charge is 0.487 e. The SMILES string of the molecule is N#Cc1ccc(CN2CCC(NC(=O)c3ccc(C(=O)N4CCC(Oc5ccc(F)cc5F)CC4)cn3)CC2)cc1. The maximum Gasteiger partial charge on any atom is 0.270 e. The van der Waals surface area contributed by atoms with Crippen molar-refractivity contribution in [3.8, 4) is 11.8 Å². The summed E-state index contributed by atoms with van der Waals surface area (Å²) in [7, 11) is 0. The molecule has 2 aliphatic rings. The lowest BCUT2D eigenvalue weighted by atomic mass is 10.0. The van der Waals surface area contributed by atoms with Crippen molar-refractivity contribution in [1.82, 2.24) is 20.1 Å². The summed E-state index contributed by atoms with van der Waals surface area (Å²) < 4.78 is 32.7. The van der Waals surface area contributed by atoms with Gasteiger partial charge in [0.15, 0.2) is 11.6 Å². The molecule has 8 nitrogen and oxygen atoms in total. The van der Waals surface area contributed by atoms with E-state index < -0.39 is 11.6 Å². The van der Waals surface area contributed by atoms with Crippen LogP contribution in [0, 0.1) is 23.0 Å². The fraction of sp³-hybridized carbons (Fsp3) is 0.355. The minimum absolute atomic E-state index is 0.00268. The van der Waals surface area contributed by atoms with Gasteiger partial charge in [-0.2, -0.15) is 5.26 Å². The lowest BCUT2D eigenvalue weighted by Crippen LogP contribution is -2.44. The Morgan fingerprint density at radius 1 is 0.976 bits per heavy atom. The van der Waals surface area contributed by atoms with E-state index in [4.69, 9.17) is 10.00 Å². The number of hydrogen-bond donors (Lipinski definition) is 1. The molecule has 0 unspecified atom stereocenters. The third kappa shape index (κ3) is 7.24. The van der Waals surface area contributed by atoms with E-state index in [0.717, 1.165) is 50.2 Å². The summed E-state index contributed by atoms with van der Waals surface area (Å²) in [5.41, 5.74) is 2.45. The molecule has 0 atom stereocenters.